The van der Waals surface area contributed by atoms with Gasteiger partial charge in [-0.2, -0.15) is 5.10 Å². The lowest BCUT2D eigenvalue weighted by atomic mass is 10.2. The number of halogens is 1. The molecule has 18 heavy (non-hydrogen) atoms. The van der Waals surface area contributed by atoms with Crippen molar-refractivity contribution in [2.45, 2.75) is 26.8 Å². The third-order valence-corrected chi connectivity index (χ3v) is 4.03. The van der Waals surface area contributed by atoms with E-state index in [4.69, 9.17) is 0 Å². The predicted molar refractivity (Wildman–Crippen MR) is 83.0 cm³/mol. The van der Waals surface area contributed by atoms with Crippen LogP contribution in [-0.4, -0.2) is 16.3 Å². The van der Waals surface area contributed by atoms with Crippen LogP contribution in [0, 0.1) is 10.5 Å². The first kappa shape index (κ1) is 13.5. The molecule has 4 heteroatoms. The quantitative estimate of drug-likeness (QED) is 0.659. The van der Waals surface area contributed by atoms with Crippen LogP contribution in [0.4, 0.5) is 0 Å². The van der Waals surface area contributed by atoms with Crippen molar-refractivity contribution in [3.63, 3.8) is 0 Å². The molecule has 0 radical (unpaired) electrons. The largest absolute Gasteiger partial charge is 0.311 e. The molecule has 0 spiro atoms. The first-order chi connectivity index (χ1) is 8.72. The Bertz CT molecular complexity index is 520. The maximum Gasteiger partial charge on any atom is 0.0766 e. The van der Waals surface area contributed by atoms with Crippen LogP contribution in [0.15, 0.2) is 30.5 Å². The highest BCUT2D eigenvalue weighted by molar-refractivity contribution is 14.1. The van der Waals surface area contributed by atoms with Crippen molar-refractivity contribution in [2.75, 3.05) is 6.54 Å². The monoisotopic (exact) mass is 355 g/mol. The van der Waals surface area contributed by atoms with E-state index in [0.717, 1.165) is 30.9 Å². The molecule has 1 N–H and O–H groups in total. The number of rotatable bonds is 5. The van der Waals surface area contributed by atoms with Crippen molar-refractivity contribution in [3.8, 4) is 5.69 Å². The van der Waals surface area contributed by atoms with E-state index in [9.17, 15) is 0 Å². The second-order valence-corrected chi connectivity index (χ2v) is 5.47. The Morgan fingerprint density at radius 3 is 2.94 bits per heavy atom. The minimum absolute atomic E-state index is 0.837. The molecule has 0 aliphatic rings. The number of hydrogen-bond acceptors (Lipinski definition) is 2. The number of aromatic nitrogens is 2. The maximum atomic E-state index is 4.61. The Kier molecular flexibility index (Phi) is 4.77. The zero-order valence-electron chi connectivity index (χ0n) is 10.8. The van der Waals surface area contributed by atoms with Gasteiger partial charge < -0.3 is 5.32 Å². The summed E-state index contributed by atoms with van der Waals surface area (Å²) in [7, 11) is 0. The Morgan fingerprint density at radius 2 is 2.17 bits per heavy atom. The zero-order valence-corrected chi connectivity index (χ0v) is 12.9. The summed E-state index contributed by atoms with van der Waals surface area (Å²) in [5.74, 6) is 0. The highest BCUT2D eigenvalue weighted by Gasteiger charge is 2.05. The fourth-order valence-corrected chi connectivity index (χ4v) is 2.31. The fourth-order valence-electron chi connectivity index (χ4n) is 1.83. The van der Waals surface area contributed by atoms with Crippen molar-refractivity contribution >= 4 is 22.6 Å². The van der Waals surface area contributed by atoms with Gasteiger partial charge in [0.1, 0.15) is 0 Å². The lowest BCUT2D eigenvalue weighted by molar-refractivity contribution is 0.656. The van der Waals surface area contributed by atoms with Crippen LogP contribution in [0.1, 0.15) is 24.6 Å². The van der Waals surface area contributed by atoms with E-state index in [1.807, 2.05) is 10.9 Å². The second-order valence-electron chi connectivity index (χ2n) is 4.31. The van der Waals surface area contributed by atoms with Crippen molar-refractivity contribution in [2.24, 2.45) is 0 Å². The molecular formula is C14H18IN3. The van der Waals surface area contributed by atoms with Gasteiger partial charge in [0.05, 0.1) is 11.4 Å². The second kappa shape index (κ2) is 6.33. The average Bonchev–Trinajstić information content (AvgIpc) is 2.82. The maximum absolute atomic E-state index is 4.61. The number of hydrogen-bond donors (Lipinski definition) is 1. The van der Waals surface area contributed by atoms with Gasteiger partial charge in [0.2, 0.25) is 0 Å². The summed E-state index contributed by atoms with van der Waals surface area (Å²) >= 11 is 2.36. The summed E-state index contributed by atoms with van der Waals surface area (Å²) in [5, 5.41) is 7.97. The molecular weight excluding hydrogens is 337 g/mol. The molecule has 1 aromatic carbocycles. The molecule has 0 saturated carbocycles. The number of nitrogens with one attached hydrogen (secondary N) is 1. The predicted octanol–water partition coefficient (Wildman–Crippen LogP) is 3.28. The standard InChI is InChI=1S/C14H18IN3/c1-3-8-16-10-12-7-9-18(17-12)14-6-4-5-13(15)11(14)2/h4-7,9,16H,3,8,10H2,1-2H3. The molecule has 96 valence electrons. The molecule has 1 aromatic heterocycles. The van der Waals surface area contributed by atoms with E-state index in [0.29, 0.717) is 0 Å². The molecule has 3 nitrogen and oxygen atoms in total. The van der Waals surface area contributed by atoms with Gasteiger partial charge in [-0.05, 0) is 66.2 Å². The third-order valence-electron chi connectivity index (χ3n) is 2.86. The van der Waals surface area contributed by atoms with Gasteiger partial charge in [-0.15, -0.1) is 0 Å². The molecule has 0 aliphatic carbocycles. The molecule has 0 bridgehead atoms. The summed E-state index contributed by atoms with van der Waals surface area (Å²) in [6.07, 6.45) is 3.18. The van der Waals surface area contributed by atoms with Crippen LogP contribution >= 0.6 is 22.6 Å². The van der Waals surface area contributed by atoms with E-state index >= 15 is 0 Å². The molecule has 0 unspecified atom stereocenters. The van der Waals surface area contributed by atoms with Crippen LogP contribution in [0.5, 0.6) is 0 Å². The van der Waals surface area contributed by atoms with Crippen molar-refractivity contribution in [1.29, 1.82) is 0 Å². The molecule has 0 aliphatic heterocycles. The Balaban J connectivity index is 2.16. The SMILES string of the molecule is CCCNCc1ccn(-c2cccc(I)c2C)n1. The summed E-state index contributed by atoms with van der Waals surface area (Å²) in [4.78, 5) is 0. The van der Waals surface area contributed by atoms with Gasteiger partial charge >= 0.3 is 0 Å². The molecule has 0 saturated heterocycles. The Labute approximate surface area is 122 Å². The highest BCUT2D eigenvalue weighted by atomic mass is 127. The van der Waals surface area contributed by atoms with Gasteiger partial charge in [-0.3, -0.25) is 0 Å². The Hall–Kier alpha value is -0.880. The number of nitrogens with zero attached hydrogens (tertiary/aromatic N) is 2. The van der Waals surface area contributed by atoms with Gasteiger partial charge in [0.15, 0.2) is 0 Å². The minimum Gasteiger partial charge on any atom is -0.311 e. The molecule has 2 aromatic rings. The van der Waals surface area contributed by atoms with Crippen molar-refractivity contribution < 1.29 is 0 Å². The lowest BCUT2D eigenvalue weighted by Gasteiger charge is -2.07. The van der Waals surface area contributed by atoms with Crippen LogP contribution in [0.2, 0.25) is 0 Å². The first-order valence-corrected chi connectivity index (χ1v) is 7.31. The van der Waals surface area contributed by atoms with E-state index in [2.05, 4.69) is 71.1 Å². The summed E-state index contributed by atoms with van der Waals surface area (Å²) in [6.45, 7) is 6.17. The number of benzene rings is 1. The van der Waals surface area contributed by atoms with Crippen molar-refractivity contribution in [3.05, 3.63) is 45.3 Å². The zero-order chi connectivity index (χ0) is 13.0. The van der Waals surface area contributed by atoms with Gasteiger partial charge in [0, 0.05) is 16.3 Å². The van der Waals surface area contributed by atoms with E-state index < -0.39 is 0 Å². The fraction of sp³-hybridized carbons (Fsp3) is 0.357. The summed E-state index contributed by atoms with van der Waals surface area (Å²) < 4.78 is 3.23. The molecule has 2 rings (SSSR count). The molecule has 0 atom stereocenters. The van der Waals surface area contributed by atoms with E-state index in [1.54, 1.807) is 0 Å². The van der Waals surface area contributed by atoms with Crippen LogP contribution in [0.3, 0.4) is 0 Å². The average molecular weight is 355 g/mol. The third kappa shape index (κ3) is 3.11. The topological polar surface area (TPSA) is 29.9 Å². The minimum atomic E-state index is 0.837. The van der Waals surface area contributed by atoms with Gasteiger partial charge in [-0.1, -0.05) is 13.0 Å². The first-order valence-electron chi connectivity index (χ1n) is 6.23. The van der Waals surface area contributed by atoms with E-state index in [1.165, 1.54) is 9.13 Å². The summed E-state index contributed by atoms with van der Waals surface area (Å²) in [5.41, 5.74) is 3.51. The summed E-state index contributed by atoms with van der Waals surface area (Å²) in [6, 6.07) is 8.36. The molecule has 0 amide bonds. The normalized spacial score (nSPS) is 10.8. The van der Waals surface area contributed by atoms with Crippen LogP contribution < -0.4 is 5.32 Å². The smallest absolute Gasteiger partial charge is 0.0766 e. The molecule has 0 fully saturated rings. The van der Waals surface area contributed by atoms with Gasteiger partial charge in [-0.25, -0.2) is 4.68 Å². The van der Waals surface area contributed by atoms with Crippen molar-refractivity contribution in [1.82, 2.24) is 15.1 Å². The van der Waals surface area contributed by atoms with Crippen LogP contribution in [-0.2, 0) is 6.54 Å². The van der Waals surface area contributed by atoms with Crippen LogP contribution in [0.25, 0.3) is 5.69 Å². The lowest BCUT2D eigenvalue weighted by Crippen LogP contribution is -2.14. The Morgan fingerprint density at radius 1 is 1.33 bits per heavy atom. The molecule has 1 heterocycles. The van der Waals surface area contributed by atoms with Gasteiger partial charge in [0.25, 0.3) is 0 Å². The highest BCUT2D eigenvalue weighted by Crippen LogP contribution is 2.19. The van der Waals surface area contributed by atoms with E-state index in [-0.39, 0.29) is 0 Å².